The fourth-order valence-electron chi connectivity index (χ4n) is 3.38. The molecule has 37 heavy (non-hydrogen) atoms. The molecule has 0 unspecified atom stereocenters. The summed E-state index contributed by atoms with van der Waals surface area (Å²) in [4.78, 5) is 28.7. The first-order valence-corrected chi connectivity index (χ1v) is 12.0. The molecule has 3 N–H and O–H groups in total. The molecule has 3 aromatic rings. The van der Waals surface area contributed by atoms with Gasteiger partial charge in [-0.05, 0) is 42.7 Å². The van der Waals surface area contributed by atoms with Crippen LogP contribution >= 0.6 is 0 Å². The van der Waals surface area contributed by atoms with Crippen molar-refractivity contribution in [2.45, 2.75) is 32.9 Å². The van der Waals surface area contributed by atoms with Crippen LogP contribution in [-0.2, 0) is 23.1 Å². The molecule has 2 heterocycles. The number of nitrogens with one attached hydrogen (secondary N) is 1. The monoisotopic (exact) mass is 503 g/mol. The SMILES string of the molecule is C=C/C(=C\N=C(C)c1cccc(Cn2nc(-c3cnn(C)c3)ccc2=O)c1)OCCNC(=O)[C@@H](N)CC. The lowest BCUT2D eigenvalue weighted by molar-refractivity contribution is -0.122. The molecule has 10 heteroatoms. The maximum Gasteiger partial charge on any atom is 0.267 e. The topological polar surface area (TPSA) is 129 Å². The summed E-state index contributed by atoms with van der Waals surface area (Å²) in [5, 5.41) is 11.4. The standard InChI is InChI=1S/C27H33N7O3/c1-5-23(37-13-12-29-27(36)24(28)6-2)16-30-19(3)21-9-7-8-20(14-21)17-34-26(35)11-10-25(32-34)22-15-31-33(4)18-22/h5,7-11,14-16,18,24H,1,6,12-13,17,28H2,2-4H3,(H,29,36)/b23-16+,30-19?/t24-/m0/s1. The lowest BCUT2D eigenvalue weighted by atomic mass is 10.1. The Labute approximate surface area is 216 Å². The number of aliphatic imine (C=N–C) groups is 1. The first-order chi connectivity index (χ1) is 17.8. The minimum atomic E-state index is -0.517. The summed E-state index contributed by atoms with van der Waals surface area (Å²) < 4.78 is 8.76. The van der Waals surface area contributed by atoms with Gasteiger partial charge in [0.25, 0.3) is 5.56 Å². The second-order valence-corrected chi connectivity index (χ2v) is 8.42. The molecular formula is C27H33N7O3. The molecule has 0 radical (unpaired) electrons. The summed E-state index contributed by atoms with van der Waals surface area (Å²) in [7, 11) is 1.83. The van der Waals surface area contributed by atoms with E-state index < -0.39 is 6.04 Å². The number of rotatable bonds is 12. The fourth-order valence-corrected chi connectivity index (χ4v) is 3.38. The molecule has 3 rings (SSSR count). The number of allylic oxidation sites excluding steroid dienone is 1. The van der Waals surface area contributed by atoms with Crippen LogP contribution in [0.1, 0.15) is 31.4 Å². The molecule has 0 saturated heterocycles. The van der Waals surface area contributed by atoms with E-state index in [9.17, 15) is 9.59 Å². The van der Waals surface area contributed by atoms with Gasteiger partial charge < -0.3 is 15.8 Å². The highest BCUT2D eigenvalue weighted by atomic mass is 16.5. The minimum Gasteiger partial charge on any atom is -0.490 e. The van der Waals surface area contributed by atoms with Crippen LogP contribution < -0.4 is 16.6 Å². The molecule has 0 spiro atoms. The zero-order chi connectivity index (χ0) is 26.8. The molecule has 0 bridgehead atoms. The van der Waals surface area contributed by atoms with Crippen molar-refractivity contribution in [2.24, 2.45) is 17.8 Å². The number of aryl methyl sites for hydroxylation is 1. The molecule has 0 aliphatic rings. The van der Waals surface area contributed by atoms with E-state index in [0.29, 0.717) is 31.0 Å². The van der Waals surface area contributed by atoms with Crippen LogP contribution in [-0.4, -0.2) is 50.4 Å². The Balaban J connectivity index is 1.66. The van der Waals surface area contributed by atoms with E-state index in [1.54, 1.807) is 29.2 Å². The van der Waals surface area contributed by atoms with Crippen molar-refractivity contribution in [2.75, 3.05) is 13.2 Å². The van der Waals surface area contributed by atoms with Crippen molar-refractivity contribution in [3.8, 4) is 11.3 Å². The van der Waals surface area contributed by atoms with Crippen molar-refractivity contribution in [3.63, 3.8) is 0 Å². The van der Waals surface area contributed by atoms with Crippen molar-refractivity contribution in [1.82, 2.24) is 24.9 Å². The van der Waals surface area contributed by atoms with Crippen molar-refractivity contribution < 1.29 is 9.53 Å². The number of nitrogens with zero attached hydrogens (tertiary/aromatic N) is 5. The van der Waals surface area contributed by atoms with E-state index in [2.05, 4.69) is 27.1 Å². The number of hydrogen-bond donors (Lipinski definition) is 2. The van der Waals surface area contributed by atoms with Crippen LogP contribution in [0.2, 0.25) is 0 Å². The maximum atomic E-state index is 12.4. The van der Waals surface area contributed by atoms with Gasteiger partial charge in [0.2, 0.25) is 5.91 Å². The average molecular weight is 504 g/mol. The molecule has 1 atom stereocenters. The largest absolute Gasteiger partial charge is 0.490 e. The van der Waals surface area contributed by atoms with E-state index in [4.69, 9.17) is 10.5 Å². The molecule has 0 aliphatic carbocycles. The van der Waals surface area contributed by atoms with Gasteiger partial charge in [0.1, 0.15) is 12.4 Å². The Kier molecular flexibility index (Phi) is 9.68. The number of aromatic nitrogens is 4. The van der Waals surface area contributed by atoms with Gasteiger partial charge in [-0.1, -0.05) is 31.7 Å². The average Bonchev–Trinajstić information content (AvgIpc) is 3.35. The number of carbonyl (C=O) groups excluding carboxylic acids is 1. The van der Waals surface area contributed by atoms with Gasteiger partial charge in [0.15, 0.2) is 0 Å². The molecule has 0 saturated carbocycles. The Morgan fingerprint density at radius 2 is 2.14 bits per heavy atom. The third kappa shape index (κ3) is 7.84. The molecule has 194 valence electrons. The smallest absolute Gasteiger partial charge is 0.267 e. The zero-order valence-corrected chi connectivity index (χ0v) is 21.4. The van der Waals surface area contributed by atoms with Gasteiger partial charge in [-0.3, -0.25) is 19.3 Å². The molecule has 1 aromatic carbocycles. The Bertz CT molecular complexity index is 1350. The summed E-state index contributed by atoms with van der Waals surface area (Å²) in [6.07, 6.45) is 7.28. The van der Waals surface area contributed by atoms with E-state index in [-0.39, 0.29) is 18.1 Å². The Morgan fingerprint density at radius 3 is 2.84 bits per heavy atom. The van der Waals surface area contributed by atoms with E-state index >= 15 is 0 Å². The van der Waals surface area contributed by atoms with E-state index in [1.165, 1.54) is 10.7 Å². The number of hydrogen-bond acceptors (Lipinski definition) is 7. The van der Waals surface area contributed by atoms with Crippen LogP contribution in [0.15, 0.2) is 83.2 Å². The van der Waals surface area contributed by atoms with Gasteiger partial charge in [0.05, 0.1) is 37.2 Å². The lowest BCUT2D eigenvalue weighted by Crippen LogP contribution is -2.41. The Morgan fingerprint density at radius 1 is 1.32 bits per heavy atom. The van der Waals surface area contributed by atoms with E-state index in [0.717, 1.165) is 22.4 Å². The summed E-state index contributed by atoms with van der Waals surface area (Å²) in [6, 6.07) is 10.5. The number of amides is 1. The highest BCUT2D eigenvalue weighted by Gasteiger charge is 2.10. The summed E-state index contributed by atoms with van der Waals surface area (Å²) in [5.74, 6) is 0.276. The van der Waals surface area contributed by atoms with Crippen molar-refractivity contribution in [1.29, 1.82) is 0 Å². The van der Waals surface area contributed by atoms with Gasteiger partial charge in [-0.15, -0.1) is 0 Å². The Hall–Kier alpha value is -4.31. The number of benzene rings is 1. The lowest BCUT2D eigenvalue weighted by Gasteiger charge is -2.11. The normalized spacial score (nSPS) is 12.8. The van der Waals surface area contributed by atoms with Gasteiger partial charge in [-0.2, -0.15) is 10.2 Å². The van der Waals surface area contributed by atoms with Crippen LogP contribution in [0.3, 0.4) is 0 Å². The van der Waals surface area contributed by atoms with E-state index in [1.807, 2.05) is 51.4 Å². The highest BCUT2D eigenvalue weighted by Crippen LogP contribution is 2.14. The summed E-state index contributed by atoms with van der Waals surface area (Å²) in [5.41, 5.74) is 9.59. The van der Waals surface area contributed by atoms with Crippen molar-refractivity contribution in [3.05, 3.63) is 94.9 Å². The zero-order valence-electron chi connectivity index (χ0n) is 21.4. The molecule has 0 fully saturated rings. The van der Waals surface area contributed by atoms with Crippen LogP contribution in [0.5, 0.6) is 0 Å². The third-order valence-electron chi connectivity index (χ3n) is 5.58. The maximum absolute atomic E-state index is 12.4. The van der Waals surface area contributed by atoms with Gasteiger partial charge in [0, 0.05) is 30.6 Å². The third-order valence-corrected chi connectivity index (χ3v) is 5.58. The molecule has 0 aliphatic heterocycles. The molecule has 10 nitrogen and oxygen atoms in total. The second kappa shape index (κ2) is 13.1. The predicted octanol–water partition coefficient (Wildman–Crippen LogP) is 2.40. The minimum absolute atomic E-state index is 0.188. The van der Waals surface area contributed by atoms with Crippen LogP contribution in [0, 0.1) is 0 Å². The van der Waals surface area contributed by atoms with Gasteiger partial charge >= 0.3 is 0 Å². The number of carbonyl (C=O) groups is 1. The van der Waals surface area contributed by atoms with Crippen LogP contribution in [0.25, 0.3) is 11.3 Å². The van der Waals surface area contributed by atoms with Crippen LogP contribution in [0.4, 0.5) is 0 Å². The first kappa shape index (κ1) is 27.3. The van der Waals surface area contributed by atoms with Crippen molar-refractivity contribution >= 4 is 11.6 Å². The second-order valence-electron chi connectivity index (χ2n) is 8.42. The number of nitrogens with two attached hydrogens (primary N) is 1. The quantitative estimate of drug-likeness (QED) is 0.169. The first-order valence-electron chi connectivity index (χ1n) is 12.0. The fraction of sp³-hybridized carbons (Fsp3) is 0.296. The predicted molar refractivity (Wildman–Crippen MR) is 144 cm³/mol. The summed E-state index contributed by atoms with van der Waals surface area (Å²) >= 11 is 0. The molecular weight excluding hydrogens is 470 g/mol. The molecule has 1 amide bonds. The van der Waals surface area contributed by atoms with Gasteiger partial charge in [-0.25, -0.2) is 4.68 Å². The highest BCUT2D eigenvalue weighted by molar-refractivity contribution is 5.99. The number of ether oxygens (including phenoxy) is 1. The summed E-state index contributed by atoms with van der Waals surface area (Å²) in [6.45, 7) is 8.41. The molecule has 2 aromatic heterocycles.